The topological polar surface area (TPSA) is 58.1 Å². The second-order valence-electron chi connectivity index (χ2n) is 5.64. The van der Waals surface area contributed by atoms with Crippen LogP contribution in [-0.4, -0.2) is 29.0 Å². The normalized spacial score (nSPS) is 15.1. The number of benzene rings is 1. The molecular formula is C17H19FN4O. The molecule has 23 heavy (non-hydrogen) atoms. The fraction of sp³-hybridized carbons (Fsp3) is 0.353. The number of carbonyl (C=O) groups is 1. The third-order valence-electron chi connectivity index (χ3n) is 3.87. The summed E-state index contributed by atoms with van der Waals surface area (Å²) in [6.07, 6.45) is 7.80. The van der Waals surface area contributed by atoms with Gasteiger partial charge in [-0.05, 0) is 31.0 Å². The van der Waals surface area contributed by atoms with Crippen molar-refractivity contribution in [2.75, 3.05) is 23.3 Å². The quantitative estimate of drug-likeness (QED) is 0.945. The van der Waals surface area contributed by atoms with Crippen LogP contribution in [0.15, 0.2) is 36.7 Å². The van der Waals surface area contributed by atoms with Gasteiger partial charge in [0.15, 0.2) is 0 Å². The molecule has 3 rings (SSSR count). The van der Waals surface area contributed by atoms with Crippen LogP contribution in [0, 0.1) is 5.82 Å². The molecule has 1 amide bonds. The van der Waals surface area contributed by atoms with Crippen LogP contribution in [0.2, 0.25) is 0 Å². The zero-order chi connectivity index (χ0) is 16.1. The van der Waals surface area contributed by atoms with Gasteiger partial charge in [-0.1, -0.05) is 18.9 Å². The van der Waals surface area contributed by atoms with E-state index in [1.807, 2.05) is 0 Å². The Labute approximate surface area is 134 Å². The summed E-state index contributed by atoms with van der Waals surface area (Å²) in [5.74, 6) is -0.0808. The van der Waals surface area contributed by atoms with E-state index in [9.17, 15) is 9.18 Å². The summed E-state index contributed by atoms with van der Waals surface area (Å²) >= 11 is 0. The third-order valence-corrected chi connectivity index (χ3v) is 3.87. The van der Waals surface area contributed by atoms with Crippen molar-refractivity contribution in [1.82, 2.24) is 9.97 Å². The van der Waals surface area contributed by atoms with Crippen LogP contribution in [0.25, 0.3) is 0 Å². The van der Waals surface area contributed by atoms with Crippen LogP contribution in [-0.2, 0) is 0 Å². The van der Waals surface area contributed by atoms with E-state index in [0.29, 0.717) is 17.2 Å². The summed E-state index contributed by atoms with van der Waals surface area (Å²) in [5.41, 5.74) is 0.763. The van der Waals surface area contributed by atoms with Crippen molar-refractivity contribution in [3.8, 4) is 0 Å². The van der Waals surface area contributed by atoms with Gasteiger partial charge in [-0.2, -0.15) is 0 Å². The van der Waals surface area contributed by atoms with E-state index in [-0.39, 0.29) is 5.91 Å². The Hall–Kier alpha value is -2.50. The van der Waals surface area contributed by atoms with E-state index < -0.39 is 5.82 Å². The maximum Gasteiger partial charge on any atom is 0.258 e. The summed E-state index contributed by atoms with van der Waals surface area (Å²) in [4.78, 5) is 22.9. The molecule has 0 aliphatic carbocycles. The molecule has 1 N–H and O–H groups in total. The van der Waals surface area contributed by atoms with Crippen molar-refractivity contribution < 1.29 is 9.18 Å². The molecule has 1 aliphatic rings. The molecule has 1 saturated heterocycles. The average Bonchev–Trinajstić information content (AvgIpc) is 2.84. The molecule has 6 heteroatoms. The Balaban J connectivity index is 1.67. The molecule has 2 aromatic rings. The first-order valence-corrected chi connectivity index (χ1v) is 7.86. The van der Waals surface area contributed by atoms with Gasteiger partial charge >= 0.3 is 0 Å². The van der Waals surface area contributed by atoms with Crippen molar-refractivity contribution in [2.45, 2.75) is 25.7 Å². The molecule has 0 radical (unpaired) electrons. The Bertz CT molecular complexity index is 667. The van der Waals surface area contributed by atoms with Crippen LogP contribution < -0.4 is 10.2 Å². The highest BCUT2D eigenvalue weighted by Crippen LogP contribution is 2.16. The van der Waals surface area contributed by atoms with Gasteiger partial charge in [0.25, 0.3) is 5.91 Å². The van der Waals surface area contributed by atoms with Gasteiger partial charge < -0.3 is 10.2 Å². The highest BCUT2D eigenvalue weighted by Gasteiger charge is 2.14. The molecule has 0 saturated carbocycles. The van der Waals surface area contributed by atoms with Crippen molar-refractivity contribution in [1.29, 1.82) is 0 Å². The molecule has 1 fully saturated rings. The highest BCUT2D eigenvalue weighted by atomic mass is 19.1. The van der Waals surface area contributed by atoms with E-state index in [2.05, 4.69) is 20.2 Å². The lowest BCUT2D eigenvalue weighted by Gasteiger charge is -2.19. The number of hydrogen-bond acceptors (Lipinski definition) is 4. The lowest BCUT2D eigenvalue weighted by molar-refractivity contribution is 0.102. The first kappa shape index (κ1) is 15.4. The predicted molar refractivity (Wildman–Crippen MR) is 87.1 cm³/mol. The van der Waals surface area contributed by atoms with Gasteiger partial charge in [0, 0.05) is 31.2 Å². The Morgan fingerprint density at radius 2 is 1.78 bits per heavy atom. The van der Waals surface area contributed by atoms with E-state index in [0.717, 1.165) is 25.9 Å². The second kappa shape index (κ2) is 7.17. The van der Waals surface area contributed by atoms with Gasteiger partial charge in [-0.15, -0.1) is 0 Å². The molecule has 0 atom stereocenters. The average molecular weight is 314 g/mol. The zero-order valence-electron chi connectivity index (χ0n) is 12.8. The number of aromatic nitrogens is 2. The largest absolute Gasteiger partial charge is 0.341 e. The number of nitrogens with one attached hydrogen (secondary N) is 1. The molecular weight excluding hydrogens is 295 g/mol. The smallest absolute Gasteiger partial charge is 0.258 e. The van der Waals surface area contributed by atoms with Crippen LogP contribution in [0.1, 0.15) is 36.0 Å². The zero-order valence-corrected chi connectivity index (χ0v) is 12.8. The van der Waals surface area contributed by atoms with Crippen LogP contribution in [0.5, 0.6) is 0 Å². The summed E-state index contributed by atoms with van der Waals surface area (Å²) < 4.78 is 13.1. The maximum atomic E-state index is 13.1. The monoisotopic (exact) mass is 314 g/mol. The van der Waals surface area contributed by atoms with Gasteiger partial charge in [-0.25, -0.2) is 14.4 Å². The van der Waals surface area contributed by atoms with E-state index in [1.165, 1.54) is 37.4 Å². The van der Waals surface area contributed by atoms with Gasteiger partial charge in [0.05, 0.1) is 5.56 Å². The molecule has 0 spiro atoms. The number of anilines is 2. The molecule has 0 unspecified atom stereocenters. The van der Waals surface area contributed by atoms with Crippen LogP contribution >= 0.6 is 0 Å². The molecule has 1 aromatic heterocycles. The fourth-order valence-corrected chi connectivity index (χ4v) is 2.64. The van der Waals surface area contributed by atoms with Crippen LogP contribution in [0.4, 0.5) is 16.0 Å². The Morgan fingerprint density at radius 1 is 1.09 bits per heavy atom. The SMILES string of the molecule is O=C(Nc1cccc(F)c1)c1cnc(N2CCCCCC2)nc1. The summed E-state index contributed by atoms with van der Waals surface area (Å²) in [5, 5.41) is 2.64. The molecule has 2 heterocycles. The minimum Gasteiger partial charge on any atom is -0.341 e. The third kappa shape index (κ3) is 4.03. The summed E-state index contributed by atoms with van der Waals surface area (Å²) in [7, 11) is 0. The lowest BCUT2D eigenvalue weighted by atomic mass is 10.2. The molecule has 1 aromatic carbocycles. The van der Waals surface area contributed by atoms with Crippen molar-refractivity contribution in [2.24, 2.45) is 0 Å². The van der Waals surface area contributed by atoms with Crippen LogP contribution in [0.3, 0.4) is 0 Å². The van der Waals surface area contributed by atoms with Gasteiger partial charge in [0.1, 0.15) is 5.82 Å². The maximum absolute atomic E-state index is 13.1. The number of halogens is 1. The van der Waals surface area contributed by atoms with E-state index in [1.54, 1.807) is 12.1 Å². The number of amides is 1. The molecule has 0 bridgehead atoms. The van der Waals surface area contributed by atoms with Crippen molar-refractivity contribution in [3.05, 3.63) is 48.0 Å². The molecule has 1 aliphatic heterocycles. The second-order valence-corrected chi connectivity index (χ2v) is 5.64. The number of carbonyl (C=O) groups excluding carboxylic acids is 1. The first-order valence-electron chi connectivity index (χ1n) is 7.86. The lowest BCUT2D eigenvalue weighted by Crippen LogP contribution is -2.26. The highest BCUT2D eigenvalue weighted by molar-refractivity contribution is 6.03. The number of nitrogens with zero attached hydrogens (tertiary/aromatic N) is 3. The van der Waals surface area contributed by atoms with E-state index in [4.69, 9.17) is 0 Å². The standard InChI is InChI=1S/C17H19FN4O/c18-14-6-5-7-15(10-14)21-16(23)13-11-19-17(20-12-13)22-8-3-1-2-4-9-22/h5-7,10-12H,1-4,8-9H2,(H,21,23). The van der Waals surface area contributed by atoms with Gasteiger partial charge in [0.2, 0.25) is 5.95 Å². The minimum atomic E-state index is -0.393. The summed E-state index contributed by atoms with van der Waals surface area (Å²) in [6, 6.07) is 5.77. The predicted octanol–water partition coefficient (Wildman–Crippen LogP) is 3.25. The van der Waals surface area contributed by atoms with Gasteiger partial charge in [-0.3, -0.25) is 4.79 Å². The fourth-order valence-electron chi connectivity index (χ4n) is 2.64. The number of hydrogen-bond donors (Lipinski definition) is 1. The summed E-state index contributed by atoms with van der Waals surface area (Å²) in [6.45, 7) is 1.91. The number of rotatable bonds is 3. The molecule has 5 nitrogen and oxygen atoms in total. The Kier molecular flexibility index (Phi) is 4.80. The minimum absolute atomic E-state index is 0.349. The van der Waals surface area contributed by atoms with Crippen molar-refractivity contribution >= 4 is 17.5 Å². The first-order chi connectivity index (χ1) is 11.2. The van der Waals surface area contributed by atoms with E-state index >= 15 is 0 Å². The molecule has 120 valence electrons. The van der Waals surface area contributed by atoms with Crippen molar-refractivity contribution in [3.63, 3.8) is 0 Å². The Morgan fingerprint density at radius 3 is 2.43 bits per heavy atom.